The van der Waals surface area contributed by atoms with Crippen molar-refractivity contribution in [2.24, 2.45) is 0 Å². The Labute approximate surface area is 149 Å². The van der Waals surface area contributed by atoms with Crippen LogP contribution in [0.4, 0.5) is 19.4 Å². The van der Waals surface area contributed by atoms with E-state index >= 15 is 0 Å². The molecule has 0 spiro atoms. The molecular formula is C19H19F5OS. The molecule has 0 aromatic heterocycles. The van der Waals surface area contributed by atoms with Crippen molar-refractivity contribution in [2.45, 2.75) is 36.9 Å². The zero-order valence-corrected chi connectivity index (χ0v) is 14.7. The monoisotopic (exact) mass is 390 g/mol. The molecule has 0 bridgehead atoms. The molecule has 142 valence electrons. The average Bonchev–Trinajstić information content (AvgIpc) is 2.60. The fraction of sp³-hybridized carbons (Fsp3) is 0.263. The minimum absolute atomic E-state index is 0.0444. The van der Waals surface area contributed by atoms with Crippen LogP contribution in [0.2, 0.25) is 0 Å². The smallest absolute Gasteiger partial charge is 0.310 e. The maximum Gasteiger partial charge on any atom is 0.310 e. The largest absolute Gasteiger partial charge is 0.373 e. The van der Waals surface area contributed by atoms with E-state index in [0.717, 1.165) is 29.7 Å². The minimum atomic E-state index is -9.61. The second-order valence-corrected chi connectivity index (χ2v) is 8.83. The van der Waals surface area contributed by atoms with Gasteiger partial charge in [-0.1, -0.05) is 68.0 Å². The van der Waals surface area contributed by atoms with Gasteiger partial charge in [0.15, 0.2) is 0 Å². The highest BCUT2D eigenvalue weighted by Crippen LogP contribution is 3.02. The number of ether oxygens (including phenoxy) is 1. The highest BCUT2D eigenvalue weighted by Gasteiger charge is 2.65. The van der Waals surface area contributed by atoms with E-state index in [9.17, 15) is 19.4 Å². The Morgan fingerprint density at radius 1 is 0.885 bits per heavy atom. The van der Waals surface area contributed by atoms with Crippen LogP contribution in [0.1, 0.15) is 30.4 Å². The van der Waals surface area contributed by atoms with Crippen LogP contribution >= 0.6 is 10.2 Å². The molecule has 0 radical (unpaired) electrons. The van der Waals surface area contributed by atoms with Gasteiger partial charge >= 0.3 is 10.2 Å². The zero-order chi connectivity index (χ0) is 18.9. The first kappa shape index (κ1) is 18.9. The van der Waals surface area contributed by atoms with E-state index in [1.54, 1.807) is 0 Å². The lowest BCUT2D eigenvalue weighted by Gasteiger charge is -2.40. The van der Waals surface area contributed by atoms with Gasteiger partial charge in [-0.25, -0.2) is 0 Å². The van der Waals surface area contributed by atoms with Crippen LogP contribution in [0.25, 0.3) is 5.57 Å². The SMILES string of the molecule is FS(F)(F)(F)(F)c1ccc(C2=CCC(OCc3ccccc3)CC2)cc1. The fourth-order valence-corrected chi connectivity index (χ4v) is 3.59. The molecule has 0 aliphatic heterocycles. The third-order valence-electron chi connectivity index (χ3n) is 4.36. The molecule has 0 fully saturated rings. The molecule has 0 amide bonds. The Balaban J connectivity index is 1.62. The molecule has 3 rings (SSSR count). The zero-order valence-electron chi connectivity index (χ0n) is 13.9. The van der Waals surface area contributed by atoms with Gasteiger partial charge in [0.05, 0.1) is 12.7 Å². The van der Waals surface area contributed by atoms with Gasteiger partial charge in [-0.05, 0) is 48.1 Å². The van der Waals surface area contributed by atoms with E-state index in [0.29, 0.717) is 37.1 Å². The van der Waals surface area contributed by atoms with Crippen molar-refractivity contribution in [3.05, 3.63) is 71.8 Å². The maximum absolute atomic E-state index is 12.8. The van der Waals surface area contributed by atoms with Crippen LogP contribution < -0.4 is 0 Å². The van der Waals surface area contributed by atoms with Crippen LogP contribution in [-0.4, -0.2) is 6.10 Å². The molecule has 1 aliphatic carbocycles. The molecule has 0 saturated heterocycles. The highest BCUT2D eigenvalue weighted by molar-refractivity contribution is 8.45. The summed E-state index contributed by atoms with van der Waals surface area (Å²) in [5, 5.41) is 0. The summed E-state index contributed by atoms with van der Waals surface area (Å²) in [6.07, 6.45) is 3.97. The van der Waals surface area contributed by atoms with Gasteiger partial charge in [0.1, 0.15) is 4.90 Å². The van der Waals surface area contributed by atoms with Crippen molar-refractivity contribution in [3.63, 3.8) is 0 Å². The molecule has 2 aromatic rings. The Kier molecular flexibility index (Phi) is 4.43. The van der Waals surface area contributed by atoms with Crippen molar-refractivity contribution in [3.8, 4) is 0 Å². The number of rotatable bonds is 5. The number of allylic oxidation sites excluding steroid dienone is 1. The average molecular weight is 390 g/mol. The fourth-order valence-electron chi connectivity index (χ4n) is 2.94. The van der Waals surface area contributed by atoms with Crippen LogP contribution in [0.15, 0.2) is 65.6 Å². The molecule has 1 nitrogen and oxygen atoms in total. The Morgan fingerprint density at radius 3 is 2.08 bits per heavy atom. The van der Waals surface area contributed by atoms with Gasteiger partial charge in [-0.3, -0.25) is 0 Å². The predicted molar refractivity (Wildman–Crippen MR) is 94.7 cm³/mol. The summed E-state index contributed by atoms with van der Waals surface area (Å²) in [7, 11) is -9.61. The third-order valence-corrected chi connectivity index (χ3v) is 5.52. The first-order chi connectivity index (χ1) is 12.0. The van der Waals surface area contributed by atoms with E-state index in [-0.39, 0.29) is 6.10 Å². The van der Waals surface area contributed by atoms with E-state index in [1.165, 1.54) is 0 Å². The summed E-state index contributed by atoms with van der Waals surface area (Å²) in [6.45, 7) is 0.507. The number of benzene rings is 2. The molecule has 1 atom stereocenters. The van der Waals surface area contributed by atoms with Crippen LogP contribution in [0.3, 0.4) is 0 Å². The molecule has 1 aliphatic rings. The molecule has 7 heteroatoms. The summed E-state index contributed by atoms with van der Waals surface area (Å²) in [5.41, 5.74) is 2.48. The third kappa shape index (κ3) is 4.86. The Bertz CT molecular complexity index is 798. The lowest BCUT2D eigenvalue weighted by atomic mass is 9.92. The van der Waals surface area contributed by atoms with Gasteiger partial charge in [0, 0.05) is 0 Å². The second-order valence-electron chi connectivity index (χ2n) is 6.42. The van der Waals surface area contributed by atoms with Gasteiger partial charge in [0.25, 0.3) is 0 Å². The summed E-state index contributed by atoms with van der Waals surface area (Å²) in [6, 6.07) is 12.9. The topological polar surface area (TPSA) is 9.23 Å². The molecule has 26 heavy (non-hydrogen) atoms. The van der Waals surface area contributed by atoms with E-state index in [2.05, 4.69) is 0 Å². The summed E-state index contributed by atoms with van der Waals surface area (Å²) < 4.78 is 69.7. The standard InChI is InChI=1S/C19H19F5OS/c20-26(21,22,23,24)19-12-8-17(9-13-19)16-6-10-18(11-7-16)25-14-15-4-2-1-3-5-15/h1-6,8-9,12-13,18H,7,10-11,14H2. The van der Waals surface area contributed by atoms with Crippen molar-refractivity contribution < 1.29 is 24.2 Å². The van der Waals surface area contributed by atoms with Crippen LogP contribution in [0.5, 0.6) is 0 Å². The lowest BCUT2D eigenvalue weighted by Crippen LogP contribution is -2.15. The van der Waals surface area contributed by atoms with Gasteiger partial charge in [-0.15, -0.1) is 0 Å². The number of hydrogen-bond donors (Lipinski definition) is 0. The van der Waals surface area contributed by atoms with Crippen molar-refractivity contribution in [2.75, 3.05) is 0 Å². The Morgan fingerprint density at radius 2 is 1.54 bits per heavy atom. The first-order valence-electron chi connectivity index (χ1n) is 8.20. The quantitative estimate of drug-likeness (QED) is 0.480. The number of halogens is 5. The van der Waals surface area contributed by atoms with Crippen LogP contribution in [-0.2, 0) is 11.3 Å². The van der Waals surface area contributed by atoms with Crippen molar-refractivity contribution >= 4 is 15.8 Å². The minimum Gasteiger partial charge on any atom is -0.373 e. The second kappa shape index (κ2) is 6.09. The van der Waals surface area contributed by atoms with E-state index < -0.39 is 15.1 Å². The number of hydrogen-bond acceptors (Lipinski definition) is 1. The van der Waals surface area contributed by atoms with E-state index in [1.807, 2.05) is 36.4 Å². The highest BCUT2D eigenvalue weighted by atomic mass is 32.5. The summed E-state index contributed by atoms with van der Waals surface area (Å²) in [5.74, 6) is 0. The predicted octanol–water partition coefficient (Wildman–Crippen LogP) is 7.50. The first-order valence-corrected chi connectivity index (χ1v) is 10.2. The van der Waals surface area contributed by atoms with Crippen LogP contribution in [0, 0.1) is 0 Å². The van der Waals surface area contributed by atoms with Gasteiger partial charge in [0.2, 0.25) is 0 Å². The van der Waals surface area contributed by atoms with Crippen molar-refractivity contribution in [1.82, 2.24) is 0 Å². The molecule has 2 aromatic carbocycles. The maximum atomic E-state index is 12.8. The summed E-state index contributed by atoms with van der Waals surface area (Å²) >= 11 is 0. The molecular weight excluding hydrogens is 371 g/mol. The molecule has 0 saturated carbocycles. The normalized spacial score (nSPS) is 20.8. The Hall–Kier alpha value is -1.86. The lowest BCUT2D eigenvalue weighted by molar-refractivity contribution is 0.0360. The summed E-state index contributed by atoms with van der Waals surface area (Å²) in [4.78, 5) is -1.85. The molecule has 0 N–H and O–H groups in total. The van der Waals surface area contributed by atoms with E-state index in [4.69, 9.17) is 4.74 Å². The van der Waals surface area contributed by atoms with Gasteiger partial charge in [-0.2, -0.15) is 0 Å². The molecule has 1 unspecified atom stereocenters. The van der Waals surface area contributed by atoms with Gasteiger partial charge < -0.3 is 4.74 Å². The van der Waals surface area contributed by atoms with Crippen molar-refractivity contribution in [1.29, 1.82) is 0 Å². The molecule has 0 heterocycles.